The summed E-state index contributed by atoms with van der Waals surface area (Å²) in [5.74, 6) is 1.47. The van der Waals surface area contributed by atoms with Crippen LogP contribution in [0.1, 0.15) is 43.7 Å². The molecule has 0 N–H and O–H groups in total. The molecule has 2 atom stereocenters. The van der Waals surface area contributed by atoms with Crippen LogP contribution in [0.15, 0.2) is 24.3 Å². The van der Waals surface area contributed by atoms with Gasteiger partial charge in [0.1, 0.15) is 0 Å². The normalized spacial score (nSPS) is 27.8. The van der Waals surface area contributed by atoms with Crippen molar-refractivity contribution in [2.45, 2.75) is 46.1 Å². The van der Waals surface area contributed by atoms with Crippen LogP contribution in [0.25, 0.3) is 0 Å². The second-order valence-electron chi connectivity index (χ2n) is 8.56. The molecule has 3 fully saturated rings. The molecular weight excluding hydrogens is 312 g/mol. The zero-order valence-corrected chi connectivity index (χ0v) is 15.3. The maximum atomic E-state index is 12.6. The molecule has 4 nitrogen and oxygen atoms in total. The highest BCUT2D eigenvalue weighted by molar-refractivity contribution is 5.82. The summed E-state index contributed by atoms with van der Waals surface area (Å²) in [6.45, 7) is 7.46. The van der Waals surface area contributed by atoms with Crippen LogP contribution in [0.4, 0.5) is 0 Å². The Morgan fingerprint density at radius 1 is 1.28 bits per heavy atom. The lowest BCUT2D eigenvalue weighted by molar-refractivity contribution is -0.135. The Labute approximate surface area is 150 Å². The highest BCUT2D eigenvalue weighted by atomic mass is 16.2. The van der Waals surface area contributed by atoms with E-state index in [0.717, 1.165) is 38.9 Å². The van der Waals surface area contributed by atoms with Gasteiger partial charge in [0, 0.05) is 43.9 Å². The Hall–Kier alpha value is -1.84. The van der Waals surface area contributed by atoms with Gasteiger partial charge in [-0.25, -0.2) is 0 Å². The minimum atomic E-state index is 0.0901. The molecule has 2 amide bonds. The highest BCUT2D eigenvalue weighted by Gasteiger charge is 2.47. The van der Waals surface area contributed by atoms with Gasteiger partial charge < -0.3 is 9.80 Å². The molecule has 1 spiro atoms. The predicted octanol–water partition coefficient (Wildman–Crippen LogP) is 2.99. The van der Waals surface area contributed by atoms with Gasteiger partial charge in [-0.3, -0.25) is 9.59 Å². The molecule has 4 rings (SSSR count). The molecule has 0 aromatic heterocycles. The van der Waals surface area contributed by atoms with Gasteiger partial charge in [-0.1, -0.05) is 36.8 Å². The van der Waals surface area contributed by atoms with Crippen LogP contribution in [-0.2, 0) is 16.1 Å². The molecule has 0 unspecified atom stereocenters. The van der Waals surface area contributed by atoms with E-state index in [-0.39, 0.29) is 17.2 Å². The van der Waals surface area contributed by atoms with Gasteiger partial charge in [-0.2, -0.15) is 0 Å². The number of aryl methyl sites for hydroxylation is 1. The molecule has 1 saturated carbocycles. The van der Waals surface area contributed by atoms with Crippen LogP contribution in [-0.4, -0.2) is 41.2 Å². The van der Waals surface area contributed by atoms with Gasteiger partial charge in [0.25, 0.3) is 0 Å². The van der Waals surface area contributed by atoms with Crippen LogP contribution >= 0.6 is 0 Å². The molecule has 3 aliphatic rings. The summed E-state index contributed by atoms with van der Waals surface area (Å²) in [6, 6.07) is 8.41. The van der Waals surface area contributed by atoms with Crippen LogP contribution in [0.2, 0.25) is 0 Å². The quantitative estimate of drug-likeness (QED) is 0.849. The molecule has 1 aliphatic carbocycles. The summed E-state index contributed by atoms with van der Waals surface area (Å²) in [7, 11) is 0. The first-order valence-electron chi connectivity index (χ1n) is 9.58. The Kier molecular flexibility index (Phi) is 4.09. The van der Waals surface area contributed by atoms with E-state index in [1.54, 1.807) is 0 Å². The topological polar surface area (TPSA) is 40.6 Å². The van der Waals surface area contributed by atoms with Crippen molar-refractivity contribution in [1.29, 1.82) is 0 Å². The molecule has 2 saturated heterocycles. The van der Waals surface area contributed by atoms with Crippen molar-refractivity contribution in [1.82, 2.24) is 9.80 Å². The summed E-state index contributed by atoms with van der Waals surface area (Å²) in [5.41, 5.74) is 2.54. The van der Waals surface area contributed by atoms with Crippen molar-refractivity contribution in [2.75, 3.05) is 19.6 Å². The van der Waals surface area contributed by atoms with Crippen molar-refractivity contribution < 1.29 is 9.59 Å². The van der Waals surface area contributed by atoms with E-state index >= 15 is 0 Å². The Morgan fingerprint density at radius 3 is 2.64 bits per heavy atom. The molecule has 25 heavy (non-hydrogen) atoms. The fraction of sp³-hybridized carbons (Fsp3) is 0.619. The Bertz CT molecular complexity index is 691. The summed E-state index contributed by atoms with van der Waals surface area (Å²) in [5, 5.41) is 0. The number of rotatable bonds is 3. The third kappa shape index (κ3) is 3.31. The third-order valence-electron chi connectivity index (χ3n) is 6.42. The van der Waals surface area contributed by atoms with Crippen molar-refractivity contribution in [3.05, 3.63) is 35.4 Å². The van der Waals surface area contributed by atoms with Gasteiger partial charge in [-0.05, 0) is 37.7 Å². The van der Waals surface area contributed by atoms with Crippen LogP contribution in [0, 0.1) is 24.2 Å². The second kappa shape index (κ2) is 6.15. The molecule has 1 aromatic rings. The zero-order valence-electron chi connectivity index (χ0n) is 15.3. The standard InChI is InChI=1S/C21H28N2O2/c1-15-4-3-5-17(10-15)13-23-14-21(12-19(23)24)6-8-22(9-7-21)20(25)18-11-16(18)2/h3-5,10,16,18H,6-9,11-14H2,1-2H3/t16-,18+/m0/s1. The summed E-state index contributed by atoms with van der Waals surface area (Å²) in [4.78, 5) is 29.1. The third-order valence-corrected chi connectivity index (χ3v) is 6.42. The number of carbonyl (C=O) groups is 2. The molecule has 2 aliphatic heterocycles. The van der Waals surface area contributed by atoms with E-state index in [1.165, 1.54) is 11.1 Å². The first kappa shape index (κ1) is 16.6. The van der Waals surface area contributed by atoms with E-state index in [1.807, 2.05) is 9.80 Å². The number of carbonyl (C=O) groups excluding carboxylic acids is 2. The number of benzene rings is 1. The van der Waals surface area contributed by atoms with Gasteiger partial charge in [0.2, 0.25) is 11.8 Å². The van der Waals surface area contributed by atoms with E-state index in [2.05, 4.69) is 38.1 Å². The van der Waals surface area contributed by atoms with Crippen molar-refractivity contribution in [2.24, 2.45) is 17.3 Å². The Morgan fingerprint density at radius 2 is 2.00 bits per heavy atom. The Balaban J connectivity index is 1.36. The fourth-order valence-electron chi connectivity index (χ4n) is 4.59. The lowest BCUT2D eigenvalue weighted by Crippen LogP contribution is -2.45. The molecule has 4 heteroatoms. The molecule has 0 radical (unpaired) electrons. The SMILES string of the molecule is Cc1cccc(CN2CC3(CCN(C(=O)[C@@H]4C[C@@H]4C)CC3)CC2=O)c1. The van der Waals surface area contributed by atoms with E-state index in [9.17, 15) is 9.59 Å². The van der Waals surface area contributed by atoms with Crippen LogP contribution < -0.4 is 0 Å². The zero-order chi connectivity index (χ0) is 17.6. The first-order valence-corrected chi connectivity index (χ1v) is 9.58. The van der Waals surface area contributed by atoms with E-state index < -0.39 is 0 Å². The summed E-state index contributed by atoms with van der Waals surface area (Å²) < 4.78 is 0. The average Bonchev–Trinajstić information content (AvgIpc) is 3.23. The number of piperidine rings is 1. The second-order valence-corrected chi connectivity index (χ2v) is 8.56. The molecule has 134 valence electrons. The van der Waals surface area contributed by atoms with Crippen molar-refractivity contribution in [3.8, 4) is 0 Å². The average molecular weight is 340 g/mol. The maximum Gasteiger partial charge on any atom is 0.225 e. The monoisotopic (exact) mass is 340 g/mol. The number of likely N-dealkylation sites (tertiary alicyclic amines) is 2. The molecular formula is C21H28N2O2. The first-order chi connectivity index (χ1) is 12.0. The number of amides is 2. The number of hydrogen-bond donors (Lipinski definition) is 0. The van der Waals surface area contributed by atoms with Crippen LogP contribution in [0.3, 0.4) is 0 Å². The highest BCUT2D eigenvalue weighted by Crippen LogP contribution is 2.44. The molecule has 0 bridgehead atoms. The largest absolute Gasteiger partial charge is 0.342 e. The van der Waals surface area contributed by atoms with Gasteiger partial charge in [-0.15, -0.1) is 0 Å². The van der Waals surface area contributed by atoms with Gasteiger partial charge >= 0.3 is 0 Å². The fourth-order valence-corrected chi connectivity index (χ4v) is 4.59. The van der Waals surface area contributed by atoms with Crippen molar-refractivity contribution >= 4 is 11.8 Å². The van der Waals surface area contributed by atoms with Gasteiger partial charge in [0.15, 0.2) is 0 Å². The minimum absolute atomic E-state index is 0.0901. The smallest absolute Gasteiger partial charge is 0.225 e. The summed E-state index contributed by atoms with van der Waals surface area (Å²) >= 11 is 0. The summed E-state index contributed by atoms with van der Waals surface area (Å²) in [6.07, 6.45) is 3.65. The molecule has 2 heterocycles. The maximum absolute atomic E-state index is 12.6. The molecule has 1 aromatic carbocycles. The van der Waals surface area contributed by atoms with Crippen molar-refractivity contribution in [3.63, 3.8) is 0 Å². The van der Waals surface area contributed by atoms with Crippen LogP contribution in [0.5, 0.6) is 0 Å². The minimum Gasteiger partial charge on any atom is -0.342 e. The lowest BCUT2D eigenvalue weighted by atomic mass is 9.77. The van der Waals surface area contributed by atoms with Gasteiger partial charge in [0.05, 0.1) is 0 Å². The number of hydrogen-bond acceptors (Lipinski definition) is 2. The van der Waals surface area contributed by atoms with E-state index in [4.69, 9.17) is 0 Å². The van der Waals surface area contributed by atoms with E-state index in [0.29, 0.717) is 24.8 Å². The number of nitrogens with zero attached hydrogens (tertiary/aromatic N) is 2. The lowest BCUT2D eigenvalue weighted by Gasteiger charge is -2.39. The predicted molar refractivity (Wildman–Crippen MR) is 96.7 cm³/mol.